The SMILES string of the molecule is Cc1nc(-c2ccc(OCC3COCCC3N)cc2)cs1. The summed E-state index contributed by atoms with van der Waals surface area (Å²) in [6.07, 6.45) is 0.913. The molecule has 3 rings (SSSR count). The van der Waals surface area contributed by atoms with Gasteiger partial charge in [-0.3, -0.25) is 0 Å². The number of nitrogens with zero attached hydrogens (tertiary/aromatic N) is 1. The van der Waals surface area contributed by atoms with Crippen molar-refractivity contribution in [1.82, 2.24) is 4.98 Å². The zero-order valence-corrected chi connectivity index (χ0v) is 12.9. The Kier molecular flexibility index (Phi) is 4.53. The molecule has 2 aromatic rings. The first-order valence-electron chi connectivity index (χ1n) is 7.21. The van der Waals surface area contributed by atoms with Crippen LogP contribution in [0.1, 0.15) is 11.4 Å². The normalized spacial score (nSPS) is 22.2. The first kappa shape index (κ1) is 14.5. The zero-order chi connectivity index (χ0) is 14.7. The smallest absolute Gasteiger partial charge is 0.119 e. The molecule has 1 aromatic heterocycles. The van der Waals surface area contributed by atoms with E-state index in [1.54, 1.807) is 11.3 Å². The van der Waals surface area contributed by atoms with Crippen LogP contribution in [-0.2, 0) is 4.74 Å². The Balaban J connectivity index is 1.59. The molecule has 2 atom stereocenters. The third-order valence-electron chi connectivity index (χ3n) is 3.77. The largest absolute Gasteiger partial charge is 0.493 e. The molecule has 0 bridgehead atoms. The van der Waals surface area contributed by atoms with Gasteiger partial charge in [-0.05, 0) is 37.6 Å². The second-order valence-corrected chi connectivity index (χ2v) is 6.44. The minimum absolute atomic E-state index is 0.177. The highest BCUT2D eigenvalue weighted by atomic mass is 32.1. The molecule has 2 heterocycles. The van der Waals surface area contributed by atoms with Crippen molar-refractivity contribution in [3.8, 4) is 17.0 Å². The van der Waals surface area contributed by atoms with Gasteiger partial charge in [0.05, 0.1) is 23.9 Å². The molecule has 5 heteroatoms. The Labute approximate surface area is 128 Å². The molecule has 1 saturated heterocycles. The van der Waals surface area contributed by atoms with Gasteiger partial charge in [0.25, 0.3) is 0 Å². The molecule has 1 aromatic carbocycles. The number of nitrogens with two attached hydrogens (primary N) is 1. The van der Waals surface area contributed by atoms with E-state index in [2.05, 4.69) is 10.4 Å². The Hall–Kier alpha value is -1.43. The van der Waals surface area contributed by atoms with E-state index in [1.165, 1.54) is 0 Å². The van der Waals surface area contributed by atoms with Crippen LogP contribution >= 0.6 is 11.3 Å². The topological polar surface area (TPSA) is 57.4 Å². The van der Waals surface area contributed by atoms with Gasteiger partial charge < -0.3 is 15.2 Å². The number of ether oxygens (including phenoxy) is 2. The van der Waals surface area contributed by atoms with Crippen molar-refractivity contribution >= 4 is 11.3 Å². The van der Waals surface area contributed by atoms with Gasteiger partial charge in [-0.1, -0.05) is 0 Å². The zero-order valence-electron chi connectivity index (χ0n) is 12.1. The highest BCUT2D eigenvalue weighted by molar-refractivity contribution is 7.09. The lowest BCUT2D eigenvalue weighted by Crippen LogP contribution is -2.41. The van der Waals surface area contributed by atoms with Gasteiger partial charge in [-0.2, -0.15) is 0 Å². The van der Waals surface area contributed by atoms with Crippen molar-refractivity contribution in [3.63, 3.8) is 0 Å². The number of aromatic nitrogens is 1. The summed E-state index contributed by atoms with van der Waals surface area (Å²) >= 11 is 1.66. The number of hydrogen-bond acceptors (Lipinski definition) is 5. The minimum atomic E-state index is 0.177. The number of hydrogen-bond donors (Lipinski definition) is 1. The second kappa shape index (κ2) is 6.56. The first-order chi connectivity index (χ1) is 10.2. The van der Waals surface area contributed by atoms with E-state index in [4.69, 9.17) is 15.2 Å². The maximum Gasteiger partial charge on any atom is 0.119 e. The Bertz CT molecular complexity index is 582. The molecular formula is C16H20N2O2S. The average molecular weight is 304 g/mol. The highest BCUT2D eigenvalue weighted by Gasteiger charge is 2.22. The summed E-state index contributed by atoms with van der Waals surface area (Å²) in [5.41, 5.74) is 8.21. The summed E-state index contributed by atoms with van der Waals surface area (Å²) in [4.78, 5) is 4.48. The summed E-state index contributed by atoms with van der Waals surface area (Å²) in [5.74, 6) is 1.14. The molecule has 0 aliphatic carbocycles. The van der Waals surface area contributed by atoms with Gasteiger partial charge >= 0.3 is 0 Å². The van der Waals surface area contributed by atoms with E-state index in [1.807, 2.05) is 31.2 Å². The van der Waals surface area contributed by atoms with Crippen LogP contribution in [0.15, 0.2) is 29.6 Å². The van der Waals surface area contributed by atoms with Gasteiger partial charge in [-0.25, -0.2) is 4.98 Å². The third kappa shape index (κ3) is 3.61. The van der Waals surface area contributed by atoms with Crippen LogP contribution in [0.3, 0.4) is 0 Å². The quantitative estimate of drug-likeness (QED) is 0.943. The molecule has 2 N–H and O–H groups in total. The summed E-state index contributed by atoms with van der Waals surface area (Å²) in [7, 11) is 0. The molecule has 2 unspecified atom stereocenters. The lowest BCUT2D eigenvalue weighted by molar-refractivity contribution is 0.0226. The van der Waals surface area contributed by atoms with Crippen LogP contribution in [0.4, 0.5) is 0 Å². The van der Waals surface area contributed by atoms with Gasteiger partial charge in [0.1, 0.15) is 5.75 Å². The molecular weight excluding hydrogens is 284 g/mol. The van der Waals surface area contributed by atoms with Gasteiger partial charge in [0.2, 0.25) is 0 Å². The van der Waals surface area contributed by atoms with E-state index in [-0.39, 0.29) is 12.0 Å². The lowest BCUT2D eigenvalue weighted by Gasteiger charge is -2.28. The molecule has 0 radical (unpaired) electrons. The van der Waals surface area contributed by atoms with Gasteiger partial charge in [0.15, 0.2) is 0 Å². The molecule has 4 nitrogen and oxygen atoms in total. The fourth-order valence-electron chi connectivity index (χ4n) is 2.41. The summed E-state index contributed by atoms with van der Waals surface area (Å²) < 4.78 is 11.3. The summed E-state index contributed by atoms with van der Waals surface area (Å²) in [5, 5.41) is 3.15. The molecule has 0 saturated carbocycles. The molecule has 0 spiro atoms. The third-order valence-corrected chi connectivity index (χ3v) is 4.54. The fourth-order valence-corrected chi connectivity index (χ4v) is 3.03. The van der Waals surface area contributed by atoms with Gasteiger partial charge in [-0.15, -0.1) is 11.3 Å². The molecule has 112 valence electrons. The molecule has 1 aliphatic heterocycles. The minimum Gasteiger partial charge on any atom is -0.493 e. The standard InChI is InChI=1S/C16H20N2O2S/c1-11-18-16(10-21-11)12-2-4-14(5-3-12)20-9-13-8-19-7-6-15(13)17/h2-5,10,13,15H,6-9,17H2,1H3. The van der Waals surface area contributed by atoms with E-state index in [9.17, 15) is 0 Å². The maximum atomic E-state index is 6.08. The van der Waals surface area contributed by atoms with Gasteiger partial charge in [0, 0.05) is 29.5 Å². The number of rotatable bonds is 4. The lowest BCUT2D eigenvalue weighted by atomic mass is 9.98. The Morgan fingerprint density at radius 2 is 2.19 bits per heavy atom. The fraction of sp³-hybridized carbons (Fsp3) is 0.438. The van der Waals surface area contributed by atoms with Crippen LogP contribution < -0.4 is 10.5 Å². The van der Waals surface area contributed by atoms with Crippen molar-refractivity contribution in [2.75, 3.05) is 19.8 Å². The van der Waals surface area contributed by atoms with Crippen LogP contribution in [0.25, 0.3) is 11.3 Å². The molecule has 21 heavy (non-hydrogen) atoms. The van der Waals surface area contributed by atoms with Crippen LogP contribution in [0.5, 0.6) is 5.75 Å². The van der Waals surface area contributed by atoms with Crippen LogP contribution in [-0.4, -0.2) is 30.8 Å². The second-order valence-electron chi connectivity index (χ2n) is 5.37. The van der Waals surface area contributed by atoms with E-state index < -0.39 is 0 Å². The monoisotopic (exact) mass is 304 g/mol. The molecule has 1 aliphatic rings. The number of thiazole rings is 1. The van der Waals surface area contributed by atoms with E-state index >= 15 is 0 Å². The van der Waals surface area contributed by atoms with E-state index in [0.29, 0.717) is 13.2 Å². The predicted molar refractivity (Wildman–Crippen MR) is 84.7 cm³/mol. The molecule has 1 fully saturated rings. The van der Waals surface area contributed by atoms with Crippen molar-refractivity contribution in [1.29, 1.82) is 0 Å². The number of aryl methyl sites for hydroxylation is 1. The van der Waals surface area contributed by atoms with Crippen molar-refractivity contribution in [2.45, 2.75) is 19.4 Å². The van der Waals surface area contributed by atoms with Crippen molar-refractivity contribution < 1.29 is 9.47 Å². The van der Waals surface area contributed by atoms with Crippen LogP contribution in [0.2, 0.25) is 0 Å². The Morgan fingerprint density at radius 1 is 1.38 bits per heavy atom. The average Bonchev–Trinajstić information content (AvgIpc) is 2.94. The van der Waals surface area contributed by atoms with Crippen LogP contribution in [0, 0.1) is 12.8 Å². The number of benzene rings is 1. The first-order valence-corrected chi connectivity index (χ1v) is 8.09. The summed E-state index contributed by atoms with van der Waals surface area (Å²) in [6, 6.07) is 8.23. The highest BCUT2D eigenvalue weighted by Crippen LogP contribution is 2.24. The van der Waals surface area contributed by atoms with Crippen molar-refractivity contribution in [3.05, 3.63) is 34.7 Å². The predicted octanol–water partition coefficient (Wildman–Crippen LogP) is 2.86. The Morgan fingerprint density at radius 3 is 2.86 bits per heavy atom. The summed E-state index contributed by atoms with van der Waals surface area (Å²) in [6.45, 7) is 4.08. The van der Waals surface area contributed by atoms with E-state index in [0.717, 1.165) is 35.0 Å². The maximum absolute atomic E-state index is 6.08. The molecule has 0 amide bonds. The van der Waals surface area contributed by atoms with Crippen molar-refractivity contribution in [2.24, 2.45) is 11.7 Å².